The summed E-state index contributed by atoms with van der Waals surface area (Å²) in [5.74, 6) is 0.188. The maximum absolute atomic E-state index is 13.8. The summed E-state index contributed by atoms with van der Waals surface area (Å²) < 4.78 is 18.5. The second-order valence-corrected chi connectivity index (χ2v) is 9.92. The standard InChI is InChI=1S/C29H26N2O6S/c1-5-35-28(34)25-16(2)30-29-31(26(25)19-10-12-22(13-11-19)37-18(4)32)27(33)24(38-29)15-21-14-20-8-6-7-9-23(20)36-17(21)3/h6-15,17,26H,5H2,1-4H3/b24-15+. The van der Waals surface area contributed by atoms with Crippen LogP contribution >= 0.6 is 11.3 Å². The van der Waals surface area contributed by atoms with Gasteiger partial charge in [0.1, 0.15) is 17.6 Å². The Kier molecular flexibility index (Phi) is 6.86. The topological polar surface area (TPSA) is 96.2 Å². The maximum Gasteiger partial charge on any atom is 0.338 e. The van der Waals surface area contributed by atoms with E-state index in [2.05, 4.69) is 4.99 Å². The highest BCUT2D eigenvalue weighted by Gasteiger charge is 2.33. The Morgan fingerprint density at radius 2 is 1.89 bits per heavy atom. The van der Waals surface area contributed by atoms with Crippen molar-refractivity contribution in [2.45, 2.75) is 39.8 Å². The van der Waals surface area contributed by atoms with Crippen molar-refractivity contribution in [3.8, 4) is 11.5 Å². The van der Waals surface area contributed by atoms with Crippen LogP contribution in [0.4, 0.5) is 0 Å². The average molecular weight is 531 g/mol. The molecule has 9 heteroatoms. The molecule has 0 saturated heterocycles. The van der Waals surface area contributed by atoms with Gasteiger partial charge in [0.15, 0.2) is 4.80 Å². The first-order valence-electron chi connectivity index (χ1n) is 12.2. The molecule has 2 unspecified atom stereocenters. The Morgan fingerprint density at radius 1 is 1.16 bits per heavy atom. The van der Waals surface area contributed by atoms with Gasteiger partial charge in [0.2, 0.25) is 0 Å². The van der Waals surface area contributed by atoms with Crippen molar-refractivity contribution in [3.63, 3.8) is 0 Å². The molecule has 2 atom stereocenters. The fourth-order valence-electron chi connectivity index (χ4n) is 4.56. The SMILES string of the molecule is CCOC(=O)C1=C(C)N=c2s/c(=C/C3=Cc4ccccc4OC3C)c(=O)n2C1c1ccc(OC(C)=O)cc1. The van der Waals surface area contributed by atoms with Gasteiger partial charge in [-0.3, -0.25) is 14.2 Å². The largest absolute Gasteiger partial charge is 0.485 e. The number of allylic oxidation sites excluding steroid dienone is 1. The first-order valence-corrected chi connectivity index (χ1v) is 13.0. The van der Waals surface area contributed by atoms with Crippen molar-refractivity contribution in [2.24, 2.45) is 4.99 Å². The van der Waals surface area contributed by atoms with Gasteiger partial charge in [0.25, 0.3) is 5.56 Å². The van der Waals surface area contributed by atoms with Crippen LogP contribution in [0.15, 0.2) is 75.2 Å². The maximum atomic E-state index is 13.8. The fourth-order valence-corrected chi connectivity index (χ4v) is 5.61. The van der Waals surface area contributed by atoms with E-state index < -0.39 is 18.0 Å². The smallest absolute Gasteiger partial charge is 0.338 e. The van der Waals surface area contributed by atoms with Gasteiger partial charge in [-0.25, -0.2) is 9.79 Å². The first kappa shape index (κ1) is 25.4. The van der Waals surface area contributed by atoms with Crippen molar-refractivity contribution in [1.29, 1.82) is 0 Å². The zero-order valence-electron chi connectivity index (χ0n) is 21.4. The molecule has 0 spiro atoms. The molecule has 8 nitrogen and oxygen atoms in total. The molecule has 2 aromatic carbocycles. The molecule has 3 aromatic rings. The number of nitrogens with zero attached hydrogens (tertiary/aromatic N) is 2. The number of benzene rings is 2. The summed E-state index contributed by atoms with van der Waals surface area (Å²) in [6.45, 7) is 6.91. The van der Waals surface area contributed by atoms with Crippen molar-refractivity contribution in [1.82, 2.24) is 4.57 Å². The number of rotatable bonds is 5. The van der Waals surface area contributed by atoms with E-state index in [-0.39, 0.29) is 23.8 Å². The number of esters is 2. The quantitative estimate of drug-likeness (QED) is 0.370. The van der Waals surface area contributed by atoms with Gasteiger partial charge in [-0.05, 0) is 62.3 Å². The number of thiazole rings is 1. The Hall–Kier alpha value is -4.24. The summed E-state index contributed by atoms with van der Waals surface area (Å²) in [6, 6.07) is 13.7. The van der Waals surface area contributed by atoms with Gasteiger partial charge in [0, 0.05) is 12.5 Å². The Morgan fingerprint density at radius 3 is 2.61 bits per heavy atom. The highest BCUT2D eigenvalue weighted by molar-refractivity contribution is 7.07. The van der Waals surface area contributed by atoms with Crippen LogP contribution in [0.2, 0.25) is 0 Å². The lowest BCUT2D eigenvalue weighted by Gasteiger charge is -2.24. The summed E-state index contributed by atoms with van der Waals surface area (Å²) >= 11 is 1.26. The molecule has 5 rings (SSSR count). The minimum atomic E-state index is -0.756. The van der Waals surface area contributed by atoms with Crippen molar-refractivity contribution in [3.05, 3.63) is 96.2 Å². The monoisotopic (exact) mass is 530 g/mol. The third-order valence-corrected chi connectivity index (χ3v) is 7.27. The molecule has 0 saturated carbocycles. The van der Waals surface area contributed by atoms with E-state index in [9.17, 15) is 14.4 Å². The summed E-state index contributed by atoms with van der Waals surface area (Å²) in [7, 11) is 0. The fraction of sp³-hybridized carbons (Fsp3) is 0.241. The van der Waals surface area contributed by atoms with Gasteiger partial charge < -0.3 is 14.2 Å². The van der Waals surface area contributed by atoms with E-state index in [1.54, 1.807) is 38.1 Å². The number of hydrogen-bond donors (Lipinski definition) is 0. The molecule has 0 bridgehead atoms. The van der Waals surface area contributed by atoms with Crippen LogP contribution in [0.5, 0.6) is 11.5 Å². The number of carbonyl (C=O) groups is 2. The summed E-state index contributed by atoms with van der Waals surface area (Å²) in [5, 5.41) is 0. The molecule has 0 amide bonds. The Labute approximate surface area is 222 Å². The second-order valence-electron chi connectivity index (χ2n) is 8.91. The predicted octanol–water partition coefficient (Wildman–Crippen LogP) is 3.54. The van der Waals surface area contributed by atoms with Crippen LogP contribution < -0.4 is 24.4 Å². The van der Waals surface area contributed by atoms with E-state index in [1.807, 2.05) is 43.3 Å². The number of ether oxygens (including phenoxy) is 3. The molecule has 38 heavy (non-hydrogen) atoms. The van der Waals surface area contributed by atoms with Gasteiger partial charge >= 0.3 is 11.9 Å². The lowest BCUT2D eigenvalue weighted by molar-refractivity contribution is -0.139. The summed E-state index contributed by atoms with van der Waals surface area (Å²) in [4.78, 5) is 43.3. The Balaban J connectivity index is 1.66. The molecule has 0 N–H and O–H groups in total. The zero-order chi connectivity index (χ0) is 27.0. The zero-order valence-corrected chi connectivity index (χ0v) is 22.2. The van der Waals surface area contributed by atoms with Crippen LogP contribution in [-0.2, 0) is 14.3 Å². The van der Waals surface area contributed by atoms with Crippen molar-refractivity contribution in [2.75, 3.05) is 6.61 Å². The number of fused-ring (bicyclic) bond motifs is 2. The van der Waals surface area contributed by atoms with Gasteiger partial charge in [-0.1, -0.05) is 41.7 Å². The van der Waals surface area contributed by atoms with E-state index in [4.69, 9.17) is 14.2 Å². The normalized spacial score (nSPS) is 18.5. The van der Waals surface area contributed by atoms with Gasteiger partial charge in [0.05, 0.1) is 28.5 Å². The van der Waals surface area contributed by atoms with Crippen LogP contribution in [0.25, 0.3) is 12.2 Å². The third-order valence-electron chi connectivity index (χ3n) is 6.29. The van der Waals surface area contributed by atoms with Crippen LogP contribution in [0, 0.1) is 0 Å². The molecular weight excluding hydrogens is 504 g/mol. The highest BCUT2D eigenvalue weighted by Crippen LogP contribution is 2.32. The van der Waals surface area contributed by atoms with Gasteiger partial charge in [-0.15, -0.1) is 0 Å². The molecule has 0 fully saturated rings. The van der Waals surface area contributed by atoms with E-state index in [0.717, 1.165) is 16.9 Å². The minimum Gasteiger partial charge on any atom is -0.485 e. The predicted molar refractivity (Wildman–Crippen MR) is 144 cm³/mol. The lowest BCUT2D eigenvalue weighted by Crippen LogP contribution is -2.40. The Bertz CT molecular complexity index is 1680. The number of para-hydroxylation sites is 1. The van der Waals surface area contributed by atoms with Crippen molar-refractivity contribution >= 4 is 35.4 Å². The van der Waals surface area contributed by atoms with Crippen molar-refractivity contribution < 1.29 is 23.8 Å². The average Bonchev–Trinajstić information content (AvgIpc) is 3.18. The number of hydrogen-bond acceptors (Lipinski definition) is 8. The van der Waals surface area contributed by atoms with Crippen LogP contribution in [0.1, 0.15) is 44.9 Å². The minimum absolute atomic E-state index is 0.186. The molecule has 2 aliphatic rings. The van der Waals surface area contributed by atoms with Crippen LogP contribution in [-0.4, -0.2) is 29.2 Å². The molecular formula is C29H26N2O6S. The first-order chi connectivity index (χ1) is 18.3. The van der Waals surface area contributed by atoms with E-state index in [1.165, 1.54) is 22.8 Å². The molecule has 0 aliphatic carbocycles. The lowest BCUT2D eigenvalue weighted by atomic mass is 9.96. The second kappa shape index (κ2) is 10.3. The van der Waals surface area contributed by atoms with E-state index in [0.29, 0.717) is 26.3 Å². The molecule has 194 valence electrons. The number of carbonyl (C=O) groups excluding carboxylic acids is 2. The third kappa shape index (κ3) is 4.72. The molecule has 1 aromatic heterocycles. The molecule has 2 aliphatic heterocycles. The van der Waals surface area contributed by atoms with Gasteiger partial charge in [-0.2, -0.15) is 0 Å². The van der Waals surface area contributed by atoms with E-state index >= 15 is 0 Å². The number of aromatic nitrogens is 1. The molecule has 3 heterocycles. The highest BCUT2D eigenvalue weighted by atomic mass is 32.1. The molecule has 0 radical (unpaired) electrons. The summed E-state index contributed by atoms with van der Waals surface area (Å²) in [6.07, 6.45) is 3.60. The van der Waals surface area contributed by atoms with Crippen LogP contribution in [0.3, 0.4) is 0 Å². The summed E-state index contributed by atoms with van der Waals surface area (Å²) in [5.41, 5.74) is 2.95.